The fourth-order valence-corrected chi connectivity index (χ4v) is 4.62. The highest BCUT2D eigenvalue weighted by molar-refractivity contribution is 5.94. The number of likely N-dealkylation sites (N-methyl/N-ethyl adjacent to an activating group) is 1. The maximum absolute atomic E-state index is 12.8. The summed E-state index contributed by atoms with van der Waals surface area (Å²) < 4.78 is 0. The molecule has 5 nitrogen and oxygen atoms in total. The molecule has 1 aliphatic heterocycles. The quantitative estimate of drug-likeness (QED) is 0.826. The molecule has 0 spiro atoms. The average Bonchev–Trinajstić information content (AvgIpc) is 2.72. The Balaban J connectivity index is 1.55. The minimum absolute atomic E-state index is 0.0811. The summed E-state index contributed by atoms with van der Waals surface area (Å²) in [4.78, 5) is 27.8. The lowest BCUT2D eigenvalue weighted by atomic mass is 9.84. The lowest BCUT2D eigenvalue weighted by Gasteiger charge is -2.37. The lowest BCUT2D eigenvalue weighted by molar-refractivity contribution is -0.139. The highest BCUT2D eigenvalue weighted by atomic mass is 16.4. The molecule has 0 atom stereocenters. The summed E-state index contributed by atoms with van der Waals surface area (Å²) in [5.74, 6) is -0.0220. The van der Waals surface area contributed by atoms with Crippen molar-refractivity contribution in [2.75, 3.05) is 26.2 Å². The lowest BCUT2D eigenvalue weighted by Crippen LogP contribution is -2.48. The maximum atomic E-state index is 12.8. The third-order valence-corrected chi connectivity index (χ3v) is 6.25. The van der Waals surface area contributed by atoms with Crippen LogP contribution in [0.2, 0.25) is 0 Å². The van der Waals surface area contributed by atoms with Crippen LogP contribution in [0.4, 0.5) is 0 Å². The molecule has 3 rings (SSSR count). The first kappa shape index (κ1) is 19.9. The van der Waals surface area contributed by atoms with E-state index in [-0.39, 0.29) is 18.5 Å². The predicted octanol–water partition coefficient (Wildman–Crippen LogP) is 3.75. The van der Waals surface area contributed by atoms with Gasteiger partial charge in [-0.2, -0.15) is 0 Å². The van der Waals surface area contributed by atoms with Gasteiger partial charge in [0, 0.05) is 24.7 Å². The standard InChI is InChI=1S/C22H32N2O3/c1-2-23(16-21(25)26)20-12-14-24(15-13-20)22(27)19-10-8-18(9-11-19)17-6-4-3-5-7-17/h8-11,17,20H,2-7,12-16H2,1H3,(H,25,26). The zero-order chi connectivity index (χ0) is 19.2. The van der Waals surface area contributed by atoms with E-state index in [1.165, 1.54) is 37.7 Å². The van der Waals surface area contributed by atoms with Crippen LogP contribution in [-0.2, 0) is 4.79 Å². The number of aliphatic carboxylic acids is 1. The summed E-state index contributed by atoms with van der Waals surface area (Å²) in [6, 6.07) is 8.51. The average molecular weight is 373 g/mol. The molecule has 1 aromatic rings. The van der Waals surface area contributed by atoms with Crippen molar-refractivity contribution in [3.05, 3.63) is 35.4 Å². The Morgan fingerprint density at radius 1 is 1.04 bits per heavy atom. The van der Waals surface area contributed by atoms with Gasteiger partial charge in [0.15, 0.2) is 0 Å². The number of hydrogen-bond donors (Lipinski definition) is 1. The molecule has 1 saturated carbocycles. The summed E-state index contributed by atoms with van der Waals surface area (Å²) in [5, 5.41) is 9.04. The molecule has 1 N–H and O–H groups in total. The topological polar surface area (TPSA) is 60.9 Å². The summed E-state index contributed by atoms with van der Waals surface area (Å²) in [6.07, 6.45) is 8.20. The first-order chi connectivity index (χ1) is 13.1. The van der Waals surface area contributed by atoms with Crippen LogP contribution >= 0.6 is 0 Å². The van der Waals surface area contributed by atoms with Gasteiger partial charge < -0.3 is 10.0 Å². The highest BCUT2D eigenvalue weighted by Crippen LogP contribution is 2.32. The van der Waals surface area contributed by atoms with Crippen LogP contribution in [0.15, 0.2) is 24.3 Å². The van der Waals surface area contributed by atoms with Crippen LogP contribution in [0.1, 0.15) is 73.7 Å². The molecular weight excluding hydrogens is 340 g/mol. The monoisotopic (exact) mass is 372 g/mol. The van der Waals surface area contributed by atoms with E-state index < -0.39 is 5.97 Å². The molecular formula is C22H32N2O3. The summed E-state index contributed by atoms with van der Waals surface area (Å²) in [5.41, 5.74) is 2.14. The van der Waals surface area contributed by atoms with Gasteiger partial charge in [-0.25, -0.2) is 0 Å². The Hall–Kier alpha value is -1.88. The van der Waals surface area contributed by atoms with Gasteiger partial charge in [0.2, 0.25) is 0 Å². The van der Waals surface area contributed by atoms with Gasteiger partial charge in [-0.05, 0) is 55.8 Å². The number of rotatable bonds is 6. The Labute approximate surface area is 162 Å². The third-order valence-electron chi connectivity index (χ3n) is 6.25. The van der Waals surface area contributed by atoms with Crippen molar-refractivity contribution in [1.82, 2.24) is 9.80 Å². The van der Waals surface area contributed by atoms with Gasteiger partial charge in [0.05, 0.1) is 6.54 Å². The molecule has 1 saturated heterocycles. The van der Waals surface area contributed by atoms with Crippen molar-refractivity contribution in [2.45, 2.75) is 63.8 Å². The van der Waals surface area contributed by atoms with E-state index in [0.29, 0.717) is 19.0 Å². The Bertz CT molecular complexity index is 629. The molecule has 1 heterocycles. The zero-order valence-electron chi connectivity index (χ0n) is 16.4. The van der Waals surface area contributed by atoms with Gasteiger partial charge in [-0.15, -0.1) is 0 Å². The molecule has 0 bridgehead atoms. The first-order valence-electron chi connectivity index (χ1n) is 10.4. The fraction of sp³-hybridized carbons (Fsp3) is 0.636. The third kappa shape index (κ3) is 5.10. The maximum Gasteiger partial charge on any atom is 0.317 e. The number of piperidine rings is 1. The smallest absolute Gasteiger partial charge is 0.317 e. The number of carbonyl (C=O) groups excluding carboxylic acids is 1. The second-order valence-electron chi connectivity index (χ2n) is 7.94. The van der Waals surface area contributed by atoms with Crippen molar-refractivity contribution in [3.63, 3.8) is 0 Å². The number of carbonyl (C=O) groups is 2. The van der Waals surface area contributed by atoms with Crippen molar-refractivity contribution < 1.29 is 14.7 Å². The van der Waals surface area contributed by atoms with Crippen LogP contribution in [0.5, 0.6) is 0 Å². The summed E-state index contributed by atoms with van der Waals surface area (Å²) >= 11 is 0. The van der Waals surface area contributed by atoms with Crippen molar-refractivity contribution in [1.29, 1.82) is 0 Å². The second kappa shape index (κ2) is 9.36. The van der Waals surface area contributed by atoms with Crippen LogP contribution in [0.3, 0.4) is 0 Å². The number of hydrogen-bond acceptors (Lipinski definition) is 3. The molecule has 148 valence electrons. The van der Waals surface area contributed by atoms with E-state index in [9.17, 15) is 9.59 Å². The normalized spacial score (nSPS) is 19.4. The largest absolute Gasteiger partial charge is 0.480 e. The highest BCUT2D eigenvalue weighted by Gasteiger charge is 2.27. The van der Waals surface area contributed by atoms with E-state index >= 15 is 0 Å². The molecule has 0 radical (unpaired) electrons. The first-order valence-corrected chi connectivity index (χ1v) is 10.4. The van der Waals surface area contributed by atoms with E-state index in [1.54, 1.807) is 0 Å². The van der Waals surface area contributed by atoms with Crippen molar-refractivity contribution in [3.8, 4) is 0 Å². The van der Waals surface area contributed by atoms with Crippen LogP contribution < -0.4 is 0 Å². The molecule has 2 fully saturated rings. The molecule has 0 unspecified atom stereocenters. The Morgan fingerprint density at radius 3 is 2.22 bits per heavy atom. The SMILES string of the molecule is CCN(CC(=O)O)C1CCN(C(=O)c2ccc(C3CCCCC3)cc2)CC1. The molecule has 0 aromatic heterocycles. The summed E-state index contributed by atoms with van der Waals surface area (Å²) in [7, 11) is 0. The Morgan fingerprint density at radius 2 is 1.67 bits per heavy atom. The minimum atomic E-state index is -0.784. The van der Waals surface area contributed by atoms with Crippen LogP contribution in [0.25, 0.3) is 0 Å². The minimum Gasteiger partial charge on any atom is -0.480 e. The molecule has 1 amide bonds. The van der Waals surface area contributed by atoms with Crippen molar-refractivity contribution in [2.24, 2.45) is 0 Å². The number of likely N-dealkylation sites (tertiary alicyclic amines) is 1. The number of nitrogens with zero attached hydrogens (tertiary/aromatic N) is 2. The number of carboxylic acids is 1. The van der Waals surface area contributed by atoms with Gasteiger partial charge >= 0.3 is 5.97 Å². The number of carboxylic acid groups (broad SMARTS) is 1. The van der Waals surface area contributed by atoms with E-state index in [1.807, 2.05) is 28.9 Å². The summed E-state index contributed by atoms with van der Waals surface area (Å²) in [6.45, 7) is 4.20. The number of amides is 1. The van der Waals surface area contributed by atoms with E-state index in [2.05, 4.69) is 12.1 Å². The van der Waals surface area contributed by atoms with Gasteiger partial charge in [-0.3, -0.25) is 14.5 Å². The van der Waals surface area contributed by atoms with Gasteiger partial charge in [0.25, 0.3) is 5.91 Å². The second-order valence-corrected chi connectivity index (χ2v) is 7.94. The fourth-order valence-electron chi connectivity index (χ4n) is 4.62. The predicted molar refractivity (Wildman–Crippen MR) is 106 cm³/mol. The molecule has 2 aliphatic rings. The van der Waals surface area contributed by atoms with Gasteiger partial charge in [-0.1, -0.05) is 38.3 Å². The van der Waals surface area contributed by atoms with Crippen LogP contribution in [0, 0.1) is 0 Å². The van der Waals surface area contributed by atoms with E-state index in [0.717, 1.165) is 24.9 Å². The zero-order valence-corrected chi connectivity index (χ0v) is 16.4. The molecule has 5 heteroatoms. The van der Waals surface area contributed by atoms with E-state index in [4.69, 9.17) is 5.11 Å². The van der Waals surface area contributed by atoms with Crippen LogP contribution in [-0.4, -0.2) is 59.0 Å². The van der Waals surface area contributed by atoms with Gasteiger partial charge in [0.1, 0.15) is 0 Å². The number of benzene rings is 1. The Kier molecular flexibility index (Phi) is 6.89. The molecule has 1 aromatic carbocycles. The van der Waals surface area contributed by atoms with Crippen molar-refractivity contribution >= 4 is 11.9 Å². The molecule has 1 aliphatic carbocycles. The molecule has 27 heavy (non-hydrogen) atoms.